The molecular formula is C51H81ClN14O17. The van der Waals surface area contributed by atoms with E-state index in [4.69, 9.17) is 39.3 Å². The molecule has 11 atom stereocenters. The van der Waals surface area contributed by atoms with E-state index < -0.39 is 163 Å². The summed E-state index contributed by atoms with van der Waals surface area (Å²) in [5.74, 6) is -15.6. The standard InChI is InChI=1S/C51H81ClN14O17/c1-3-5-6-7-11-15-28(68)23-37(70)58-35-26-83-50(82)38(36(69)24-52)65-48(79)39(40(71)49(80)81)66-41(72)29(4-2)59-45(76)33(22-27-13-9-8-10-14-27)63-42(73)30(16-12-21-57-51(55)56)60-43(74)31(17-19-53)61-44(75)32(18-20-54)62-46(77)34(25-67)64-47(35)78/h4,8-10,13-14,28,30-36,38-40,67-69,71H,3,5-7,11-12,15-26,53-54H2,1-2H3,(H,58,70)(H,59,76)(H,60,74)(H,61,75)(H,62,77)(H,63,73)(H,64,78)(H,65,79)(H,66,72)(H,80,81)(H4,55,56,57)/b29-4-/t28-,30+,31?,32+,33?,34-,35?,36-,38+,39+,40+/m1/s1. The molecule has 31 nitrogen and oxygen atoms in total. The number of aliphatic hydroxyl groups is 4. The van der Waals surface area contributed by atoms with Crippen LogP contribution in [-0.4, -0.2) is 202 Å². The molecule has 3 unspecified atom stereocenters. The Balaban J connectivity index is 2.84. The zero-order valence-corrected chi connectivity index (χ0v) is 47.1. The number of cyclic esters (lactones) is 1. The van der Waals surface area contributed by atoms with E-state index >= 15 is 0 Å². The molecule has 0 radical (unpaired) electrons. The number of ether oxygens (including phenoxy) is 1. The second kappa shape index (κ2) is 38.3. The van der Waals surface area contributed by atoms with Crippen LogP contribution in [-0.2, 0) is 63.9 Å². The van der Waals surface area contributed by atoms with Crippen LogP contribution in [0.2, 0.25) is 0 Å². The number of carboxylic acid groups (broad SMARTS) is 1. The summed E-state index contributed by atoms with van der Waals surface area (Å²) in [7, 11) is 0. The Morgan fingerprint density at radius 2 is 1.28 bits per heavy atom. The smallest absolute Gasteiger partial charge is 0.335 e. The van der Waals surface area contributed by atoms with Crippen molar-refractivity contribution >= 4 is 82.7 Å². The van der Waals surface area contributed by atoms with Crippen LogP contribution in [0.4, 0.5) is 0 Å². The molecule has 0 spiro atoms. The van der Waals surface area contributed by atoms with E-state index in [1.165, 1.54) is 6.92 Å². The zero-order valence-electron chi connectivity index (χ0n) is 46.3. The summed E-state index contributed by atoms with van der Waals surface area (Å²) < 4.78 is 5.26. The van der Waals surface area contributed by atoms with Gasteiger partial charge in [-0.1, -0.05) is 75.4 Å². The number of esters is 1. The minimum absolute atomic E-state index is 0.0367. The number of carbonyl (C=O) groups excluding carboxylic acids is 10. The highest BCUT2D eigenvalue weighted by molar-refractivity contribution is 6.18. The molecule has 0 aliphatic carbocycles. The largest absolute Gasteiger partial charge is 0.479 e. The summed E-state index contributed by atoms with van der Waals surface area (Å²) >= 11 is 5.87. The number of aliphatic hydroxyl groups excluding tert-OH is 4. The summed E-state index contributed by atoms with van der Waals surface area (Å²) in [6.07, 6.45) is -2.48. The Morgan fingerprint density at radius 1 is 0.723 bits per heavy atom. The molecule has 9 amide bonds. The second-order valence-electron chi connectivity index (χ2n) is 19.2. The highest BCUT2D eigenvalue weighted by Gasteiger charge is 2.40. The van der Waals surface area contributed by atoms with Gasteiger partial charge in [-0.05, 0) is 57.7 Å². The number of amides is 9. The topological polar surface area (TPSA) is 523 Å². The fourth-order valence-electron chi connectivity index (χ4n) is 8.02. The number of unbranched alkanes of at least 4 members (excludes halogenated alkanes) is 4. The summed E-state index contributed by atoms with van der Waals surface area (Å²) in [6.45, 7) is 0.347. The molecule has 1 saturated heterocycles. The summed E-state index contributed by atoms with van der Waals surface area (Å²) in [5.41, 5.74) is 22.4. The van der Waals surface area contributed by atoms with Gasteiger partial charge in [-0.3, -0.25) is 48.1 Å². The van der Waals surface area contributed by atoms with Crippen LogP contribution in [0.1, 0.15) is 90.0 Å². The molecule has 464 valence electrons. The number of rotatable bonds is 24. The van der Waals surface area contributed by atoms with Crippen molar-refractivity contribution in [2.75, 3.05) is 38.7 Å². The highest BCUT2D eigenvalue weighted by atomic mass is 35.5. The van der Waals surface area contributed by atoms with Gasteiger partial charge in [0, 0.05) is 13.0 Å². The van der Waals surface area contributed by atoms with Crippen molar-refractivity contribution in [3.63, 3.8) is 0 Å². The first kappa shape index (κ1) is 71.6. The fraction of sp³-hybridized carbons (Fsp3) is 0.608. The Kier molecular flexibility index (Phi) is 33.0. The number of nitrogens with one attached hydrogen (secondary N) is 9. The van der Waals surface area contributed by atoms with Gasteiger partial charge in [-0.25, -0.2) is 9.59 Å². The van der Waals surface area contributed by atoms with E-state index in [1.807, 2.05) is 17.6 Å². The maximum Gasteiger partial charge on any atom is 0.335 e. The van der Waals surface area contributed by atoms with Crippen LogP contribution in [0, 0.1) is 0 Å². The predicted molar refractivity (Wildman–Crippen MR) is 297 cm³/mol. The van der Waals surface area contributed by atoms with Gasteiger partial charge in [0.25, 0.3) is 5.91 Å². The number of hydrogen-bond acceptors (Lipinski definition) is 19. The van der Waals surface area contributed by atoms with Crippen molar-refractivity contribution in [1.82, 2.24) is 47.9 Å². The Bertz CT molecular complexity index is 2400. The van der Waals surface area contributed by atoms with Gasteiger partial charge < -0.3 is 101 Å². The first-order chi connectivity index (χ1) is 39.4. The summed E-state index contributed by atoms with van der Waals surface area (Å²) in [4.78, 5) is 155. The SMILES string of the molecule is C/C=C1\NC(=O)C(Cc2ccccc2)NC(=O)[C@H](CCCN=C(N)N)NC(=O)C(CCN)NC(=O)[C@H](CCN)NC(=O)[C@@H](CO)NC(=O)C(NC(=O)C[C@H](O)CCCCCCC)COC(=O)[C@H]([C@H](O)CCl)NC(=O)[C@H]([C@H](O)C(=O)O)NC1=O. The normalized spacial score (nSPS) is 24.0. The van der Waals surface area contributed by atoms with Crippen LogP contribution >= 0.6 is 11.6 Å². The monoisotopic (exact) mass is 1200 g/mol. The molecule has 0 saturated carbocycles. The van der Waals surface area contributed by atoms with Crippen molar-refractivity contribution in [3.05, 3.63) is 47.7 Å². The molecular weight excluding hydrogens is 1120 g/mol. The van der Waals surface area contributed by atoms with Gasteiger partial charge >= 0.3 is 11.9 Å². The molecule has 0 aromatic heterocycles. The molecule has 0 bridgehead atoms. The van der Waals surface area contributed by atoms with E-state index in [-0.39, 0.29) is 64.1 Å². The lowest BCUT2D eigenvalue weighted by molar-refractivity contribution is -0.155. The van der Waals surface area contributed by atoms with Gasteiger partial charge in [-0.2, -0.15) is 0 Å². The lowest BCUT2D eigenvalue weighted by Crippen LogP contribution is -2.62. The van der Waals surface area contributed by atoms with Crippen molar-refractivity contribution in [1.29, 1.82) is 0 Å². The minimum Gasteiger partial charge on any atom is -0.479 e. The van der Waals surface area contributed by atoms with Crippen LogP contribution in [0.5, 0.6) is 0 Å². The molecule has 1 aromatic rings. The van der Waals surface area contributed by atoms with E-state index in [9.17, 15) is 78.3 Å². The molecule has 32 heteroatoms. The highest BCUT2D eigenvalue weighted by Crippen LogP contribution is 2.12. The van der Waals surface area contributed by atoms with Crippen LogP contribution in [0.3, 0.4) is 0 Å². The number of allylic oxidation sites excluding steroid dienone is 1. The van der Waals surface area contributed by atoms with E-state index in [1.54, 1.807) is 30.3 Å². The molecule has 1 fully saturated rings. The summed E-state index contributed by atoms with van der Waals surface area (Å²) in [5, 5.41) is 72.9. The van der Waals surface area contributed by atoms with E-state index in [0.717, 1.165) is 31.8 Å². The van der Waals surface area contributed by atoms with Gasteiger partial charge in [0.2, 0.25) is 47.3 Å². The summed E-state index contributed by atoms with van der Waals surface area (Å²) in [6, 6.07) is -6.93. The van der Waals surface area contributed by atoms with Crippen LogP contribution in [0.15, 0.2) is 47.1 Å². The van der Waals surface area contributed by atoms with E-state index in [0.29, 0.717) is 12.0 Å². The Morgan fingerprint density at radius 3 is 1.81 bits per heavy atom. The van der Waals surface area contributed by atoms with Crippen molar-refractivity contribution in [2.45, 2.75) is 158 Å². The number of aliphatic imine (C=N–C) groups is 1. The average Bonchev–Trinajstić information content (AvgIpc) is 3.52. The fourth-order valence-corrected chi connectivity index (χ4v) is 8.20. The number of carbonyl (C=O) groups is 11. The zero-order chi connectivity index (χ0) is 62.2. The van der Waals surface area contributed by atoms with Crippen LogP contribution < -0.4 is 70.8 Å². The minimum atomic E-state index is -2.81. The van der Waals surface area contributed by atoms with Gasteiger partial charge in [0.1, 0.15) is 54.6 Å². The van der Waals surface area contributed by atoms with Crippen molar-refractivity contribution in [2.24, 2.45) is 27.9 Å². The molecule has 1 aliphatic heterocycles. The second-order valence-corrected chi connectivity index (χ2v) is 19.5. The average molecular weight is 1200 g/mol. The molecule has 22 N–H and O–H groups in total. The van der Waals surface area contributed by atoms with Gasteiger partial charge in [0.05, 0.1) is 31.1 Å². The number of nitrogens with two attached hydrogens (primary N) is 4. The van der Waals surface area contributed by atoms with Gasteiger partial charge in [-0.15, -0.1) is 11.6 Å². The molecule has 2 rings (SSSR count). The lowest BCUT2D eigenvalue weighted by atomic mass is 10.0. The number of hydrogen-bond donors (Lipinski definition) is 18. The lowest BCUT2D eigenvalue weighted by Gasteiger charge is -2.28. The number of benzene rings is 1. The number of nitrogens with zero attached hydrogens (tertiary/aromatic N) is 1. The first-order valence-electron chi connectivity index (χ1n) is 26.9. The maximum atomic E-state index is 14.3. The third-order valence-corrected chi connectivity index (χ3v) is 12.9. The van der Waals surface area contributed by atoms with Gasteiger partial charge in [0.15, 0.2) is 18.1 Å². The number of guanidine groups is 1. The maximum absolute atomic E-state index is 14.3. The molecule has 1 heterocycles. The quantitative estimate of drug-likeness (QED) is 0.0114. The third-order valence-electron chi connectivity index (χ3n) is 12.6. The van der Waals surface area contributed by atoms with Crippen LogP contribution in [0.25, 0.3) is 0 Å². The van der Waals surface area contributed by atoms with Crippen molar-refractivity contribution < 1.29 is 83.0 Å². The molecule has 1 aliphatic rings. The number of alkyl halides is 1. The predicted octanol–water partition coefficient (Wildman–Crippen LogP) is -6.42. The molecule has 83 heavy (non-hydrogen) atoms. The number of carboxylic acids is 1. The first-order valence-corrected chi connectivity index (χ1v) is 27.5. The number of halogens is 1. The molecule has 1 aromatic carbocycles. The number of aliphatic carboxylic acids is 1. The Labute approximate surface area is 484 Å². The Hall–Kier alpha value is -7.55. The van der Waals surface area contributed by atoms with Crippen molar-refractivity contribution in [3.8, 4) is 0 Å². The third kappa shape index (κ3) is 25.6. The van der Waals surface area contributed by atoms with E-state index in [2.05, 4.69) is 42.2 Å².